The van der Waals surface area contributed by atoms with Gasteiger partial charge >= 0.3 is 0 Å². The van der Waals surface area contributed by atoms with Crippen molar-refractivity contribution in [2.45, 2.75) is 19.3 Å². The molecule has 0 aromatic heterocycles. The van der Waals surface area contributed by atoms with Crippen LogP contribution in [0.3, 0.4) is 0 Å². The molecule has 1 aromatic rings. The Morgan fingerprint density at radius 1 is 1.21 bits per heavy atom. The highest BCUT2D eigenvalue weighted by molar-refractivity contribution is 5.93. The molecule has 0 fully saturated rings. The van der Waals surface area contributed by atoms with Gasteiger partial charge < -0.3 is 16.0 Å². The Morgan fingerprint density at radius 3 is 2.42 bits per heavy atom. The number of benzene rings is 1. The molecule has 5 nitrogen and oxygen atoms in total. The van der Waals surface area contributed by atoms with Gasteiger partial charge in [0.2, 0.25) is 11.8 Å². The molecule has 3 N–H and O–H groups in total. The molecule has 2 amide bonds. The van der Waals surface area contributed by atoms with Gasteiger partial charge in [0.15, 0.2) is 0 Å². The minimum Gasteiger partial charge on any atom is -0.397 e. The maximum atomic E-state index is 11.6. The van der Waals surface area contributed by atoms with Crippen LogP contribution in [0, 0.1) is 0 Å². The van der Waals surface area contributed by atoms with Crippen LogP contribution in [0.2, 0.25) is 0 Å². The molecule has 0 saturated carbocycles. The first-order valence-corrected chi connectivity index (χ1v) is 5.85. The van der Waals surface area contributed by atoms with Crippen LogP contribution in [0.25, 0.3) is 0 Å². The summed E-state index contributed by atoms with van der Waals surface area (Å²) >= 11 is 0. The summed E-state index contributed by atoms with van der Waals surface area (Å²) in [6.07, 6.45) is 1.23. The predicted octanol–water partition coefficient (Wildman–Crippen LogP) is 1.89. The number of nitrogen functional groups attached to an aromatic ring is 1. The number of hydrogen-bond acceptors (Lipinski definition) is 3. The number of nitrogens with one attached hydrogen (secondary N) is 1. The fraction of sp³-hybridized carbons (Fsp3) is 0.385. The van der Waals surface area contributed by atoms with Crippen molar-refractivity contribution in [3.63, 3.8) is 0 Å². The topological polar surface area (TPSA) is 75.4 Å². The third-order valence-electron chi connectivity index (χ3n) is 2.53. The number of anilines is 2. The molecule has 0 atom stereocenters. The van der Waals surface area contributed by atoms with Crippen molar-refractivity contribution in [2.24, 2.45) is 0 Å². The SMILES string of the molecule is CN(C)C(=O)CCCC(=O)Nc1ccccc1N.Cl. The van der Waals surface area contributed by atoms with Crippen LogP contribution >= 0.6 is 12.4 Å². The van der Waals surface area contributed by atoms with Gasteiger partial charge in [0.1, 0.15) is 0 Å². The number of halogens is 1. The van der Waals surface area contributed by atoms with Crippen LogP contribution in [0.4, 0.5) is 11.4 Å². The van der Waals surface area contributed by atoms with Crippen LogP contribution in [0.5, 0.6) is 0 Å². The second-order valence-electron chi connectivity index (χ2n) is 4.28. The number of carbonyl (C=O) groups excluding carboxylic acids is 2. The fourth-order valence-electron chi connectivity index (χ4n) is 1.45. The normalized spacial score (nSPS) is 9.37. The average molecular weight is 286 g/mol. The monoisotopic (exact) mass is 285 g/mol. The van der Waals surface area contributed by atoms with E-state index in [1.165, 1.54) is 4.90 Å². The number of nitrogens with two attached hydrogens (primary N) is 1. The molecule has 0 aliphatic heterocycles. The molecule has 19 heavy (non-hydrogen) atoms. The molecule has 0 aliphatic rings. The molecule has 0 unspecified atom stereocenters. The van der Waals surface area contributed by atoms with Crippen molar-refractivity contribution in [3.8, 4) is 0 Å². The highest BCUT2D eigenvalue weighted by Gasteiger charge is 2.07. The molecule has 1 aromatic carbocycles. The van der Waals surface area contributed by atoms with E-state index in [1.807, 2.05) is 6.07 Å². The molecule has 0 aliphatic carbocycles. The van der Waals surface area contributed by atoms with Gasteiger partial charge in [-0.3, -0.25) is 9.59 Å². The lowest BCUT2D eigenvalue weighted by atomic mass is 10.2. The van der Waals surface area contributed by atoms with Gasteiger partial charge in [-0.2, -0.15) is 0 Å². The molecule has 0 saturated heterocycles. The van der Waals surface area contributed by atoms with Crippen LogP contribution in [-0.4, -0.2) is 30.8 Å². The molecule has 0 spiro atoms. The summed E-state index contributed by atoms with van der Waals surface area (Å²) in [6, 6.07) is 7.09. The summed E-state index contributed by atoms with van der Waals surface area (Å²) < 4.78 is 0. The molecular formula is C13H20ClN3O2. The van der Waals surface area contributed by atoms with E-state index in [-0.39, 0.29) is 24.2 Å². The Labute approximate surface area is 119 Å². The zero-order valence-corrected chi connectivity index (χ0v) is 12.0. The van der Waals surface area contributed by atoms with E-state index in [9.17, 15) is 9.59 Å². The lowest BCUT2D eigenvalue weighted by molar-refractivity contribution is -0.128. The van der Waals surface area contributed by atoms with E-state index < -0.39 is 0 Å². The molecular weight excluding hydrogens is 266 g/mol. The fourth-order valence-corrected chi connectivity index (χ4v) is 1.45. The van der Waals surface area contributed by atoms with Crippen molar-refractivity contribution in [1.29, 1.82) is 0 Å². The quantitative estimate of drug-likeness (QED) is 0.811. The zero-order valence-electron chi connectivity index (χ0n) is 11.2. The first kappa shape index (κ1) is 17.2. The summed E-state index contributed by atoms with van der Waals surface area (Å²) in [5.74, 6) is -0.0959. The second-order valence-corrected chi connectivity index (χ2v) is 4.28. The number of rotatable bonds is 5. The minimum absolute atomic E-state index is 0. The third kappa shape index (κ3) is 6.10. The molecule has 106 valence electrons. The van der Waals surface area contributed by atoms with Crippen LogP contribution in [0.15, 0.2) is 24.3 Å². The van der Waals surface area contributed by atoms with Crippen LogP contribution < -0.4 is 11.1 Å². The Balaban J connectivity index is 0.00000324. The Morgan fingerprint density at radius 2 is 1.84 bits per heavy atom. The van der Waals surface area contributed by atoms with Crippen LogP contribution in [0.1, 0.15) is 19.3 Å². The summed E-state index contributed by atoms with van der Waals surface area (Å²) in [5.41, 5.74) is 6.86. The lowest BCUT2D eigenvalue weighted by Crippen LogP contribution is -2.22. The Bertz CT molecular complexity index is 436. The summed E-state index contributed by atoms with van der Waals surface area (Å²) in [4.78, 5) is 24.5. The van der Waals surface area contributed by atoms with Crippen molar-refractivity contribution in [3.05, 3.63) is 24.3 Å². The molecule has 0 radical (unpaired) electrons. The maximum Gasteiger partial charge on any atom is 0.224 e. The smallest absolute Gasteiger partial charge is 0.224 e. The van der Waals surface area contributed by atoms with Crippen molar-refractivity contribution < 1.29 is 9.59 Å². The van der Waals surface area contributed by atoms with E-state index in [4.69, 9.17) is 5.73 Å². The first-order valence-electron chi connectivity index (χ1n) is 5.85. The van der Waals surface area contributed by atoms with E-state index >= 15 is 0 Å². The van der Waals surface area contributed by atoms with E-state index in [2.05, 4.69) is 5.32 Å². The standard InChI is InChI=1S/C13H19N3O2.ClH/c1-16(2)13(18)9-5-8-12(17)15-11-7-4-3-6-10(11)14;/h3-4,6-7H,5,8-9,14H2,1-2H3,(H,15,17);1H. The minimum atomic E-state index is -0.126. The highest BCUT2D eigenvalue weighted by atomic mass is 35.5. The number of amides is 2. The van der Waals surface area contributed by atoms with E-state index in [0.717, 1.165) is 0 Å². The van der Waals surface area contributed by atoms with E-state index in [1.54, 1.807) is 32.3 Å². The Kier molecular flexibility index (Phi) is 7.60. The van der Waals surface area contributed by atoms with Gasteiger partial charge in [-0.25, -0.2) is 0 Å². The molecule has 0 heterocycles. The highest BCUT2D eigenvalue weighted by Crippen LogP contribution is 2.17. The number of para-hydroxylation sites is 2. The van der Waals surface area contributed by atoms with Crippen LogP contribution in [-0.2, 0) is 9.59 Å². The summed E-state index contributed by atoms with van der Waals surface area (Å²) in [7, 11) is 3.40. The van der Waals surface area contributed by atoms with Gasteiger partial charge in [-0.15, -0.1) is 12.4 Å². The number of nitrogens with zero attached hydrogens (tertiary/aromatic N) is 1. The third-order valence-corrected chi connectivity index (χ3v) is 2.53. The van der Waals surface area contributed by atoms with Crippen molar-refractivity contribution in [1.82, 2.24) is 4.90 Å². The maximum absolute atomic E-state index is 11.6. The Hall–Kier alpha value is -1.75. The first-order chi connectivity index (χ1) is 8.50. The van der Waals surface area contributed by atoms with Gasteiger partial charge in [-0.1, -0.05) is 12.1 Å². The predicted molar refractivity (Wildman–Crippen MR) is 79.3 cm³/mol. The summed E-state index contributed by atoms with van der Waals surface area (Å²) in [5, 5.41) is 2.72. The molecule has 0 bridgehead atoms. The average Bonchev–Trinajstić information content (AvgIpc) is 2.32. The molecule has 6 heteroatoms. The zero-order chi connectivity index (χ0) is 13.5. The number of hydrogen-bond donors (Lipinski definition) is 2. The van der Waals surface area contributed by atoms with E-state index in [0.29, 0.717) is 30.6 Å². The summed E-state index contributed by atoms with van der Waals surface area (Å²) in [6.45, 7) is 0. The van der Waals surface area contributed by atoms with Gasteiger partial charge in [0.05, 0.1) is 11.4 Å². The van der Waals surface area contributed by atoms with Crippen molar-refractivity contribution in [2.75, 3.05) is 25.1 Å². The lowest BCUT2D eigenvalue weighted by Gasteiger charge is -2.10. The number of carbonyl (C=O) groups is 2. The second kappa shape index (κ2) is 8.37. The van der Waals surface area contributed by atoms with Gasteiger partial charge in [-0.05, 0) is 18.6 Å². The molecule has 1 rings (SSSR count). The largest absolute Gasteiger partial charge is 0.397 e. The van der Waals surface area contributed by atoms with Gasteiger partial charge in [0, 0.05) is 26.9 Å². The van der Waals surface area contributed by atoms with Crippen molar-refractivity contribution >= 4 is 35.6 Å². The van der Waals surface area contributed by atoms with Gasteiger partial charge in [0.25, 0.3) is 0 Å².